The average Bonchev–Trinajstić information content (AvgIpc) is 2.41. The topological polar surface area (TPSA) is 35.0 Å². The summed E-state index contributed by atoms with van der Waals surface area (Å²) >= 11 is 5.65. The summed E-state index contributed by atoms with van der Waals surface area (Å²) in [6.07, 6.45) is 6.14. The second-order valence-electron chi connectivity index (χ2n) is 3.58. The molecule has 0 spiro atoms. The summed E-state index contributed by atoms with van der Waals surface area (Å²) in [7, 11) is 0. The van der Waals surface area contributed by atoms with Crippen LogP contribution < -0.4 is 4.74 Å². The van der Waals surface area contributed by atoms with Crippen molar-refractivity contribution in [3.8, 4) is 5.75 Å². The van der Waals surface area contributed by atoms with Crippen molar-refractivity contribution < 1.29 is 4.74 Å². The van der Waals surface area contributed by atoms with Crippen LogP contribution in [-0.4, -0.2) is 16.6 Å². The Balaban J connectivity index is 1.82. The number of halogens is 1. The summed E-state index contributed by atoms with van der Waals surface area (Å²) < 4.78 is 5.58. The molecular formula is C13H13ClN2O. The summed E-state index contributed by atoms with van der Waals surface area (Å²) in [5.74, 6) is 1.19. The molecule has 88 valence electrons. The van der Waals surface area contributed by atoms with Crippen LogP contribution in [0.3, 0.4) is 0 Å². The van der Waals surface area contributed by atoms with E-state index in [1.165, 1.54) is 0 Å². The van der Waals surface area contributed by atoms with Crippen LogP contribution in [0.2, 0.25) is 0 Å². The lowest BCUT2D eigenvalue weighted by molar-refractivity contribution is 0.320. The lowest BCUT2D eigenvalue weighted by atomic mass is 10.2. The van der Waals surface area contributed by atoms with Gasteiger partial charge >= 0.3 is 0 Å². The van der Waals surface area contributed by atoms with Crippen molar-refractivity contribution in [2.24, 2.45) is 0 Å². The van der Waals surface area contributed by atoms with Crippen molar-refractivity contribution in [3.05, 3.63) is 54.1 Å². The Morgan fingerprint density at radius 1 is 1.18 bits per heavy atom. The van der Waals surface area contributed by atoms with Crippen molar-refractivity contribution >= 4 is 11.6 Å². The third-order valence-corrected chi connectivity index (χ3v) is 2.59. The van der Waals surface area contributed by atoms with Crippen LogP contribution in [0.15, 0.2) is 42.9 Å². The highest BCUT2D eigenvalue weighted by Gasteiger charge is 1.97. The molecule has 0 unspecified atom stereocenters. The summed E-state index contributed by atoms with van der Waals surface area (Å²) in [6.45, 7) is 0.619. The van der Waals surface area contributed by atoms with Gasteiger partial charge < -0.3 is 4.74 Å². The van der Waals surface area contributed by atoms with Crippen molar-refractivity contribution in [2.75, 3.05) is 6.61 Å². The van der Waals surface area contributed by atoms with E-state index in [0.29, 0.717) is 12.5 Å². The average molecular weight is 249 g/mol. The van der Waals surface area contributed by atoms with Gasteiger partial charge in [0, 0.05) is 18.8 Å². The fourth-order valence-electron chi connectivity index (χ4n) is 1.41. The number of hydrogen-bond acceptors (Lipinski definition) is 3. The van der Waals surface area contributed by atoms with E-state index >= 15 is 0 Å². The second-order valence-corrected chi connectivity index (χ2v) is 3.85. The van der Waals surface area contributed by atoms with Crippen LogP contribution in [0.5, 0.6) is 5.75 Å². The van der Waals surface area contributed by atoms with Crippen LogP contribution in [-0.2, 0) is 12.3 Å². The Hall–Kier alpha value is -1.61. The lowest BCUT2D eigenvalue weighted by Crippen LogP contribution is -2.02. The molecule has 0 radical (unpaired) electrons. The van der Waals surface area contributed by atoms with E-state index in [1.54, 1.807) is 12.4 Å². The smallest absolute Gasteiger partial charge is 0.137 e. The monoisotopic (exact) mass is 248 g/mol. The van der Waals surface area contributed by atoms with Gasteiger partial charge in [-0.05, 0) is 23.8 Å². The first kappa shape index (κ1) is 11.9. The third-order valence-electron chi connectivity index (χ3n) is 2.32. The first-order chi connectivity index (χ1) is 8.38. The third kappa shape index (κ3) is 3.71. The number of ether oxygens (including phenoxy) is 1. The van der Waals surface area contributed by atoms with Gasteiger partial charge in [0.25, 0.3) is 0 Å². The molecule has 2 aromatic rings. The summed E-state index contributed by atoms with van der Waals surface area (Å²) in [6, 6.07) is 7.71. The van der Waals surface area contributed by atoms with Gasteiger partial charge in [-0.3, -0.25) is 9.97 Å². The minimum atomic E-state index is 0.427. The summed E-state index contributed by atoms with van der Waals surface area (Å²) in [4.78, 5) is 8.20. The first-order valence-electron chi connectivity index (χ1n) is 5.41. The van der Waals surface area contributed by atoms with Crippen LogP contribution in [0.25, 0.3) is 0 Å². The van der Waals surface area contributed by atoms with E-state index in [-0.39, 0.29) is 0 Å². The fourth-order valence-corrected chi connectivity index (χ4v) is 1.57. The van der Waals surface area contributed by atoms with Crippen molar-refractivity contribution in [1.82, 2.24) is 9.97 Å². The first-order valence-corrected chi connectivity index (χ1v) is 5.94. The molecule has 2 aromatic heterocycles. The maximum Gasteiger partial charge on any atom is 0.137 e. The Kier molecular flexibility index (Phi) is 4.33. The van der Waals surface area contributed by atoms with Crippen molar-refractivity contribution in [1.29, 1.82) is 0 Å². The summed E-state index contributed by atoms with van der Waals surface area (Å²) in [5, 5.41) is 0. The van der Waals surface area contributed by atoms with E-state index in [9.17, 15) is 0 Å². The molecule has 4 heteroatoms. The number of aromatic nitrogens is 2. The van der Waals surface area contributed by atoms with Gasteiger partial charge in [0.15, 0.2) is 0 Å². The molecular weight excluding hydrogens is 236 g/mol. The zero-order chi connectivity index (χ0) is 11.9. The van der Waals surface area contributed by atoms with E-state index in [2.05, 4.69) is 9.97 Å². The molecule has 0 atom stereocenters. The van der Waals surface area contributed by atoms with E-state index in [1.807, 2.05) is 30.5 Å². The van der Waals surface area contributed by atoms with Crippen molar-refractivity contribution in [2.45, 2.75) is 12.3 Å². The van der Waals surface area contributed by atoms with Gasteiger partial charge in [0.2, 0.25) is 0 Å². The SMILES string of the molecule is ClCc1ccc(OCCc2cccnc2)cn1. The highest BCUT2D eigenvalue weighted by atomic mass is 35.5. The summed E-state index contributed by atoms with van der Waals surface area (Å²) in [5.41, 5.74) is 2.02. The van der Waals surface area contributed by atoms with E-state index in [4.69, 9.17) is 16.3 Å². The minimum absolute atomic E-state index is 0.427. The van der Waals surface area contributed by atoms with Gasteiger partial charge in [-0.25, -0.2) is 0 Å². The maximum atomic E-state index is 5.65. The zero-order valence-electron chi connectivity index (χ0n) is 9.34. The normalized spacial score (nSPS) is 10.2. The van der Waals surface area contributed by atoms with Crippen LogP contribution in [0, 0.1) is 0 Å². The van der Waals surface area contributed by atoms with Gasteiger partial charge in [0.05, 0.1) is 24.4 Å². The van der Waals surface area contributed by atoms with Crippen LogP contribution >= 0.6 is 11.6 Å². The van der Waals surface area contributed by atoms with Gasteiger partial charge in [0.1, 0.15) is 5.75 Å². The van der Waals surface area contributed by atoms with E-state index < -0.39 is 0 Å². The molecule has 0 N–H and O–H groups in total. The maximum absolute atomic E-state index is 5.65. The van der Waals surface area contributed by atoms with Crippen molar-refractivity contribution in [3.63, 3.8) is 0 Å². The van der Waals surface area contributed by atoms with E-state index in [0.717, 1.165) is 23.4 Å². The number of hydrogen-bond donors (Lipinski definition) is 0. The molecule has 0 amide bonds. The number of pyridine rings is 2. The highest BCUT2D eigenvalue weighted by Crippen LogP contribution is 2.10. The standard InChI is InChI=1S/C13H13ClN2O/c14-8-12-3-4-13(10-16-12)17-7-5-11-2-1-6-15-9-11/h1-4,6,9-10H,5,7-8H2. The molecule has 0 aliphatic rings. The predicted octanol–water partition coefficient (Wildman–Crippen LogP) is 2.84. The molecule has 3 nitrogen and oxygen atoms in total. The number of nitrogens with zero attached hydrogens (tertiary/aromatic N) is 2. The predicted molar refractivity (Wildman–Crippen MR) is 67.2 cm³/mol. The lowest BCUT2D eigenvalue weighted by Gasteiger charge is -2.05. The molecule has 0 bridgehead atoms. The van der Waals surface area contributed by atoms with Gasteiger partial charge in [-0.1, -0.05) is 6.07 Å². The Morgan fingerprint density at radius 2 is 2.12 bits per heavy atom. The molecule has 2 rings (SSSR count). The van der Waals surface area contributed by atoms with Gasteiger partial charge in [-0.2, -0.15) is 0 Å². The molecule has 0 aromatic carbocycles. The molecule has 0 aliphatic heterocycles. The number of rotatable bonds is 5. The fraction of sp³-hybridized carbons (Fsp3) is 0.231. The zero-order valence-corrected chi connectivity index (χ0v) is 10.1. The second kappa shape index (κ2) is 6.21. The van der Waals surface area contributed by atoms with Gasteiger partial charge in [-0.15, -0.1) is 11.6 Å². The Bertz CT molecular complexity index is 445. The van der Waals surface area contributed by atoms with Crippen LogP contribution in [0.1, 0.15) is 11.3 Å². The molecule has 0 fully saturated rings. The molecule has 0 aliphatic carbocycles. The van der Waals surface area contributed by atoms with Crippen LogP contribution in [0.4, 0.5) is 0 Å². The largest absolute Gasteiger partial charge is 0.492 e. The molecule has 2 heterocycles. The quantitative estimate of drug-likeness (QED) is 0.764. The number of alkyl halides is 1. The highest BCUT2D eigenvalue weighted by molar-refractivity contribution is 6.16. The molecule has 0 saturated heterocycles. The Morgan fingerprint density at radius 3 is 2.76 bits per heavy atom. The molecule has 0 saturated carbocycles. The minimum Gasteiger partial charge on any atom is -0.492 e. The Labute approximate surface area is 105 Å². The molecule has 17 heavy (non-hydrogen) atoms.